The van der Waals surface area contributed by atoms with Gasteiger partial charge in [0.1, 0.15) is 11.9 Å². The van der Waals surface area contributed by atoms with Crippen LogP contribution < -0.4 is 15.0 Å². The monoisotopic (exact) mass is 292 g/mol. The van der Waals surface area contributed by atoms with Gasteiger partial charge < -0.3 is 24.8 Å². The predicted molar refractivity (Wildman–Crippen MR) is 82.0 cm³/mol. The first kappa shape index (κ1) is 14.6. The Labute approximate surface area is 125 Å². The van der Waals surface area contributed by atoms with Gasteiger partial charge >= 0.3 is 0 Å². The first-order chi connectivity index (χ1) is 10.2. The number of nitrogens with zero attached hydrogens (tertiary/aromatic N) is 1. The molecule has 0 aliphatic carbocycles. The summed E-state index contributed by atoms with van der Waals surface area (Å²) in [6.07, 6.45) is 1.18. The van der Waals surface area contributed by atoms with E-state index >= 15 is 0 Å². The predicted octanol–water partition coefficient (Wildman–Crippen LogP) is 0.927. The maximum atomic E-state index is 10.4. The van der Waals surface area contributed by atoms with Gasteiger partial charge in [-0.15, -0.1) is 0 Å². The summed E-state index contributed by atoms with van der Waals surface area (Å²) < 4.78 is 11.1. The molecule has 21 heavy (non-hydrogen) atoms. The summed E-state index contributed by atoms with van der Waals surface area (Å²) in [5.74, 6) is 0.879. The van der Waals surface area contributed by atoms with Crippen molar-refractivity contribution in [3.63, 3.8) is 0 Å². The number of rotatable bonds is 3. The van der Waals surface area contributed by atoms with Crippen LogP contribution in [-0.4, -0.2) is 50.8 Å². The fourth-order valence-corrected chi connectivity index (χ4v) is 3.11. The van der Waals surface area contributed by atoms with E-state index in [1.54, 1.807) is 7.11 Å². The van der Waals surface area contributed by atoms with E-state index in [4.69, 9.17) is 9.47 Å². The van der Waals surface area contributed by atoms with Gasteiger partial charge in [-0.3, -0.25) is 0 Å². The zero-order valence-electron chi connectivity index (χ0n) is 12.8. The Hall–Kier alpha value is -1.30. The third-order valence-corrected chi connectivity index (χ3v) is 4.32. The van der Waals surface area contributed by atoms with Gasteiger partial charge in [0.25, 0.3) is 0 Å². The van der Waals surface area contributed by atoms with Crippen LogP contribution in [0.25, 0.3) is 0 Å². The molecule has 116 valence electrons. The topological polar surface area (TPSA) is 54.0 Å². The van der Waals surface area contributed by atoms with Gasteiger partial charge in [0.2, 0.25) is 0 Å². The Morgan fingerprint density at radius 3 is 2.76 bits per heavy atom. The molecule has 5 nitrogen and oxygen atoms in total. The molecule has 0 spiro atoms. The number of methoxy groups -OCH3 is 1. The zero-order valence-corrected chi connectivity index (χ0v) is 12.8. The molecule has 1 aromatic carbocycles. The van der Waals surface area contributed by atoms with Gasteiger partial charge in [-0.25, -0.2) is 0 Å². The molecule has 0 aromatic heterocycles. The summed E-state index contributed by atoms with van der Waals surface area (Å²) in [5, 5.41) is 13.8. The Kier molecular flexibility index (Phi) is 4.33. The molecule has 0 saturated carbocycles. The van der Waals surface area contributed by atoms with Crippen molar-refractivity contribution < 1.29 is 14.6 Å². The lowest BCUT2D eigenvalue weighted by molar-refractivity contribution is 0.0290. The maximum absolute atomic E-state index is 10.4. The van der Waals surface area contributed by atoms with Gasteiger partial charge in [-0.2, -0.15) is 0 Å². The molecule has 0 fully saturated rings. The largest absolute Gasteiger partial charge is 0.484 e. The van der Waals surface area contributed by atoms with E-state index in [0.717, 1.165) is 37.4 Å². The number of aliphatic hydroxyl groups excluding tert-OH is 1. The Bertz CT molecular complexity index is 507. The highest BCUT2D eigenvalue weighted by Crippen LogP contribution is 2.38. The molecule has 2 unspecified atom stereocenters. The van der Waals surface area contributed by atoms with E-state index in [-0.39, 0.29) is 6.10 Å². The molecular formula is C16H24N2O3. The fraction of sp³-hybridized carbons (Fsp3) is 0.625. The Morgan fingerprint density at radius 2 is 2.05 bits per heavy atom. The van der Waals surface area contributed by atoms with E-state index < -0.39 is 6.23 Å². The summed E-state index contributed by atoms with van der Waals surface area (Å²) in [6, 6.07) is 4.34. The number of aliphatic hydroxyl groups is 1. The fourth-order valence-electron chi connectivity index (χ4n) is 3.11. The smallest absolute Gasteiger partial charge is 0.164 e. The Balaban J connectivity index is 1.97. The Morgan fingerprint density at radius 1 is 1.33 bits per heavy atom. The summed E-state index contributed by atoms with van der Waals surface area (Å²) in [6.45, 7) is 5.17. The molecule has 5 heteroatoms. The van der Waals surface area contributed by atoms with E-state index in [1.165, 1.54) is 11.1 Å². The van der Waals surface area contributed by atoms with Crippen LogP contribution in [-0.2, 0) is 17.6 Å². The van der Waals surface area contributed by atoms with Gasteiger partial charge in [-0.1, -0.05) is 0 Å². The highest BCUT2D eigenvalue weighted by atomic mass is 16.5. The van der Waals surface area contributed by atoms with Gasteiger partial charge in [0.05, 0.1) is 12.3 Å². The van der Waals surface area contributed by atoms with Crippen LogP contribution in [0.2, 0.25) is 0 Å². The van der Waals surface area contributed by atoms with Gasteiger partial charge in [-0.05, 0) is 56.1 Å². The summed E-state index contributed by atoms with van der Waals surface area (Å²) in [4.78, 5) is 1.99. The van der Waals surface area contributed by atoms with Gasteiger partial charge in [0.15, 0.2) is 6.23 Å². The minimum atomic E-state index is -0.630. The van der Waals surface area contributed by atoms with Crippen LogP contribution in [0.1, 0.15) is 18.1 Å². The zero-order chi connectivity index (χ0) is 14.8. The molecule has 2 heterocycles. The summed E-state index contributed by atoms with van der Waals surface area (Å²) in [7, 11) is 1.68. The van der Waals surface area contributed by atoms with Crippen LogP contribution >= 0.6 is 0 Å². The van der Waals surface area contributed by atoms with Gasteiger partial charge in [0, 0.05) is 13.7 Å². The quantitative estimate of drug-likeness (QED) is 0.868. The van der Waals surface area contributed by atoms with Crippen molar-refractivity contribution in [2.75, 3.05) is 38.3 Å². The summed E-state index contributed by atoms with van der Waals surface area (Å²) >= 11 is 0. The number of nitrogens with one attached hydrogen (secondary N) is 1. The average Bonchev–Trinajstić information content (AvgIpc) is 2.71. The number of hydrogen-bond acceptors (Lipinski definition) is 5. The second-order valence-corrected chi connectivity index (χ2v) is 5.76. The van der Waals surface area contributed by atoms with E-state index in [1.807, 2.05) is 11.8 Å². The standard InChI is InChI=1S/C16H24N2O3/c1-11-16(19)18(7-8-20-2)14-9-12-3-5-17-6-4-13(12)10-15(14)21-11/h9-11,16-17,19H,3-8H2,1-2H3. The number of ether oxygens (including phenoxy) is 2. The second-order valence-electron chi connectivity index (χ2n) is 5.76. The SMILES string of the molecule is COCCN1c2cc3c(cc2OC(C)C1O)CCNCC3. The first-order valence-electron chi connectivity index (χ1n) is 7.67. The van der Waals surface area contributed by atoms with Crippen molar-refractivity contribution in [1.29, 1.82) is 0 Å². The van der Waals surface area contributed by atoms with Crippen LogP contribution in [0, 0.1) is 0 Å². The van der Waals surface area contributed by atoms with E-state index in [2.05, 4.69) is 17.4 Å². The van der Waals surface area contributed by atoms with Crippen molar-refractivity contribution in [1.82, 2.24) is 5.32 Å². The van der Waals surface area contributed by atoms with E-state index in [0.29, 0.717) is 13.2 Å². The molecule has 0 amide bonds. The van der Waals surface area contributed by atoms with Crippen molar-refractivity contribution in [3.05, 3.63) is 23.3 Å². The molecule has 2 atom stereocenters. The number of anilines is 1. The van der Waals surface area contributed by atoms with E-state index in [9.17, 15) is 5.11 Å². The molecular weight excluding hydrogens is 268 g/mol. The molecule has 2 aliphatic rings. The molecule has 0 radical (unpaired) electrons. The first-order valence-corrected chi connectivity index (χ1v) is 7.67. The maximum Gasteiger partial charge on any atom is 0.164 e. The molecule has 3 rings (SSSR count). The van der Waals surface area contributed by atoms with Crippen LogP contribution in [0.3, 0.4) is 0 Å². The molecule has 0 saturated heterocycles. The lowest BCUT2D eigenvalue weighted by Crippen LogP contribution is -2.49. The van der Waals surface area contributed by atoms with Crippen LogP contribution in [0.4, 0.5) is 5.69 Å². The minimum Gasteiger partial charge on any atom is -0.484 e. The third-order valence-electron chi connectivity index (χ3n) is 4.32. The molecule has 2 N–H and O–H groups in total. The second kappa shape index (κ2) is 6.22. The molecule has 0 bridgehead atoms. The lowest BCUT2D eigenvalue weighted by atomic mass is 9.99. The van der Waals surface area contributed by atoms with Crippen molar-refractivity contribution in [2.24, 2.45) is 0 Å². The van der Waals surface area contributed by atoms with Crippen molar-refractivity contribution >= 4 is 5.69 Å². The van der Waals surface area contributed by atoms with Crippen LogP contribution in [0.15, 0.2) is 12.1 Å². The third kappa shape index (κ3) is 2.86. The normalized spacial score (nSPS) is 24.8. The number of hydrogen-bond donors (Lipinski definition) is 2. The number of fused-ring (bicyclic) bond motifs is 2. The lowest BCUT2D eigenvalue weighted by Gasteiger charge is -2.40. The van der Waals surface area contributed by atoms with Crippen molar-refractivity contribution in [3.8, 4) is 5.75 Å². The minimum absolute atomic E-state index is 0.240. The number of benzene rings is 1. The molecule has 1 aromatic rings. The summed E-state index contributed by atoms with van der Waals surface area (Å²) in [5.41, 5.74) is 3.69. The molecule has 2 aliphatic heterocycles. The average molecular weight is 292 g/mol. The highest BCUT2D eigenvalue weighted by Gasteiger charge is 2.32. The van der Waals surface area contributed by atoms with Crippen LogP contribution in [0.5, 0.6) is 5.75 Å². The van der Waals surface area contributed by atoms with Crippen molar-refractivity contribution in [2.45, 2.75) is 32.1 Å². The highest BCUT2D eigenvalue weighted by molar-refractivity contribution is 5.64.